The molecule has 0 spiro atoms. The van der Waals surface area contributed by atoms with E-state index in [9.17, 15) is 10.1 Å². The molecule has 5 heterocycles. The average molecular weight is 438 g/mol. The zero-order valence-electron chi connectivity index (χ0n) is 16.5. The number of nitrogens with zero attached hydrogens (tertiary/aromatic N) is 3. The van der Waals surface area contributed by atoms with Crippen LogP contribution in [0.3, 0.4) is 0 Å². The summed E-state index contributed by atoms with van der Waals surface area (Å²) in [5.41, 5.74) is 2.71. The van der Waals surface area contributed by atoms with E-state index in [1.807, 2.05) is 36.4 Å². The van der Waals surface area contributed by atoms with Crippen LogP contribution in [-0.2, 0) is 4.79 Å². The molecule has 32 heavy (non-hydrogen) atoms. The van der Waals surface area contributed by atoms with Crippen LogP contribution in [-0.4, -0.2) is 20.9 Å². The van der Waals surface area contributed by atoms with Crippen molar-refractivity contribution in [3.05, 3.63) is 71.1 Å². The van der Waals surface area contributed by atoms with Crippen LogP contribution >= 0.6 is 11.3 Å². The van der Waals surface area contributed by atoms with Gasteiger partial charge in [0.2, 0.25) is 5.91 Å². The van der Waals surface area contributed by atoms with Gasteiger partial charge in [0, 0.05) is 17.5 Å². The Morgan fingerprint density at radius 3 is 2.78 bits per heavy atom. The van der Waals surface area contributed by atoms with Crippen LogP contribution in [0.5, 0.6) is 0 Å². The number of rotatable bonds is 2. The predicted octanol–water partition coefficient (Wildman–Crippen LogP) is 4.26. The number of nitriles is 1. The van der Waals surface area contributed by atoms with Crippen molar-refractivity contribution in [2.75, 3.05) is 5.32 Å². The Balaban J connectivity index is 1.76. The number of pyridine rings is 1. The summed E-state index contributed by atoms with van der Waals surface area (Å²) in [5, 5.41) is 22.5. The Labute approximate surface area is 184 Å². The van der Waals surface area contributed by atoms with Crippen molar-refractivity contribution in [2.24, 2.45) is 0 Å². The van der Waals surface area contributed by atoms with E-state index in [1.54, 1.807) is 12.3 Å². The number of H-pyrrole nitrogens is 1. The van der Waals surface area contributed by atoms with Gasteiger partial charge in [-0.3, -0.25) is 10.2 Å². The quantitative estimate of drug-likeness (QED) is 0.379. The summed E-state index contributed by atoms with van der Waals surface area (Å²) in [6.07, 6.45) is 1.78. The molecule has 0 aliphatic carbocycles. The van der Waals surface area contributed by atoms with Gasteiger partial charge in [0.1, 0.15) is 33.0 Å². The first kappa shape index (κ1) is 18.5. The Morgan fingerprint density at radius 2 is 2.03 bits per heavy atom. The summed E-state index contributed by atoms with van der Waals surface area (Å²) < 4.78 is 5.63. The molecular formula is C23H14N6O2S. The summed E-state index contributed by atoms with van der Waals surface area (Å²) in [7, 11) is 0. The molecule has 1 aliphatic heterocycles. The van der Waals surface area contributed by atoms with Gasteiger partial charge in [-0.15, -0.1) is 0 Å². The Hall–Kier alpha value is -4.29. The topological polar surface area (TPSA) is 131 Å². The number of nitrogens with one attached hydrogen (secondary N) is 3. The van der Waals surface area contributed by atoms with E-state index in [2.05, 4.69) is 21.4 Å². The Kier molecular flexibility index (Phi) is 3.96. The monoisotopic (exact) mass is 438 g/mol. The van der Waals surface area contributed by atoms with Crippen molar-refractivity contribution < 1.29 is 9.21 Å². The molecule has 0 bridgehead atoms. The maximum absolute atomic E-state index is 12.5. The molecule has 5 aromatic rings. The fourth-order valence-electron chi connectivity index (χ4n) is 4.21. The van der Waals surface area contributed by atoms with Crippen molar-refractivity contribution in [3.63, 3.8) is 0 Å². The summed E-state index contributed by atoms with van der Waals surface area (Å²) in [6.45, 7) is 0. The first-order chi connectivity index (χ1) is 15.6. The second-order valence-corrected chi connectivity index (χ2v) is 8.47. The van der Waals surface area contributed by atoms with Crippen molar-refractivity contribution in [3.8, 4) is 17.5 Å². The number of hydrogen-bond donors (Lipinski definition) is 3. The van der Waals surface area contributed by atoms with E-state index in [1.165, 1.54) is 11.3 Å². The van der Waals surface area contributed by atoms with Gasteiger partial charge in [0.15, 0.2) is 5.49 Å². The van der Waals surface area contributed by atoms with Crippen LogP contribution in [0.1, 0.15) is 29.2 Å². The van der Waals surface area contributed by atoms with E-state index in [0.29, 0.717) is 37.8 Å². The van der Waals surface area contributed by atoms with E-state index in [0.717, 1.165) is 11.1 Å². The molecule has 4 aromatic heterocycles. The van der Waals surface area contributed by atoms with Crippen LogP contribution in [0.25, 0.3) is 32.6 Å². The van der Waals surface area contributed by atoms with Crippen LogP contribution in [0.2, 0.25) is 0 Å². The van der Waals surface area contributed by atoms with Crippen LogP contribution in [0.15, 0.2) is 53.1 Å². The molecule has 6 rings (SSSR count). The standard InChI is InChI=1S/C23H14N6O2S/c24-10-13-18-17-19(27-20(13)25)16-12(14-7-4-8-31-14)9-15(30)26-22(16)32-23(17)29-21(28-18)11-5-2-1-3-6-11/h1-8,12,25H,9H2,(H,26,30)(H,28,29). The fourth-order valence-corrected chi connectivity index (χ4v) is 5.35. The molecule has 9 heteroatoms. The smallest absolute Gasteiger partial charge is 0.226 e. The molecular weight excluding hydrogens is 424 g/mol. The third-order valence-corrected chi connectivity index (χ3v) is 6.62. The van der Waals surface area contributed by atoms with Gasteiger partial charge in [0.05, 0.1) is 28.6 Å². The largest absolute Gasteiger partial charge is 0.469 e. The molecule has 3 N–H and O–H groups in total. The molecule has 0 fully saturated rings. The number of benzene rings is 1. The maximum atomic E-state index is 12.5. The van der Waals surface area contributed by atoms with Gasteiger partial charge in [-0.1, -0.05) is 41.7 Å². The normalized spacial score (nSPS) is 15.5. The van der Waals surface area contributed by atoms with Gasteiger partial charge in [0.25, 0.3) is 0 Å². The van der Waals surface area contributed by atoms with Gasteiger partial charge in [-0.05, 0) is 12.1 Å². The summed E-state index contributed by atoms with van der Waals surface area (Å²) in [6, 6.07) is 15.3. The highest BCUT2D eigenvalue weighted by Gasteiger charge is 2.33. The second kappa shape index (κ2) is 6.87. The highest BCUT2D eigenvalue weighted by atomic mass is 32.1. The van der Waals surface area contributed by atoms with E-state index >= 15 is 0 Å². The molecule has 1 unspecified atom stereocenters. The van der Waals surface area contributed by atoms with Crippen LogP contribution < -0.4 is 10.8 Å². The van der Waals surface area contributed by atoms with Crippen molar-refractivity contribution in [1.82, 2.24) is 15.0 Å². The summed E-state index contributed by atoms with van der Waals surface area (Å²) >= 11 is 1.34. The number of fused-ring (bicyclic) bond motifs is 2. The first-order valence-electron chi connectivity index (χ1n) is 9.88. The highest BCUT2D eigenvalue weighted by molar-refractivity contribution is 7.22. The van der Waals surface area contributed by atoms with Crippen molar-refractivity contribution in [1.29, 1.82) is 10.7 Å². The molecule has 0 saturated carbocycles. The number of aromatic nitrogens is 3. The third kappa shape index (κ3) is 2.67. The molecule has 8 nitrogen and oxygen atoms in total. The van der Waals surface area contributed by atoms with Crippen LogP contribution in [0, 0.1) is 16.7 Å². The number of hydrogen-bond acceptors (Lipinski definition) is 7. The lowest BCUT2D eigenvalue weighted by Crippen LogP contribution is -2.24. The third-order valence-electron chi connectivity index (χ3n) is 5.60. The van der Waals surface area contributed by atoms with Crippen molar-refractivity contribution in [2.45, 2.75) is 12.3 Å². The highest BCUT2D eigenvalue weighted by Crippen LogP contribution is 2.46. The molecule has 1 aromatic carbocycles. The molecule has 154 valence electrons. The molecule has 0 saturated heterocycles. The lowest BCUT2D eigenvalue weighted by atomic mass is 9.90. The zero-order valence-corrected chi connectivity index (χ0v) is 17.3. The molecule has 0 radical (unpaired) electrons. The van der Waals surface area contributed by atoms with E-state index in [-0.39, 0.29) is 29.3 Å². The minimum atomic E-state index is -0.341. The zero-order chi connectivity index (χ0) is 21.8. The Bertz CT molecular complexity index is 1630. The number of amides is 1. The minimum absolute atomic E-state index is 0.122. The minimum Gasteiger partial charge on any atom is -0.469 e. The SMILES string of the molecule is N#Cc1c(=N)nc2c3c(sc4nc(-c5ccccc5)[nH]c1c42)NC(=O)CC3c1ccco1. The lowest BCUT2D eigenvalue weighted by molar-refractivity contribution is -0.116. The fraction of sp³-hybridized carbons (Fsp3) is 0.0870. The van der Waals surface area contributed by atoms with Crippen molar-refractivity contribution >= 4 is 43.5 Å². The molecule has 1 atom stereocenters. The number of furan rings is 1. The predicted molar refractivity (Wildman–Crippen MR) is 119 cm³/mol. The number of carbonyl (C=O) groups is 1. The Morgan fingerprint density at radius 1 is 1.19 bits per heavy atom. The number of aromatic amines is 1. The number of carbonyl (C=O) groups excluding carboxylic acids is 1. The first-order valence-corrected chi connectivity index (χ1v) is 10.7. The summed E-state index contributed by atoms with van der Waals surface area (Å²) in [4.78, 5) is 25.7. The van der Waals surface area contributed by atoms with E-state index in [4.69, 9.17) is 14.8 Å². The number of anilines is 1. The van der Waals surface area contributed by atoms with Gasteiger partial charge < -0.3 is 14.7 Å². The molecule has 1 aliphatic rings. The molecule has 1 amide bonds. The second-order valence-electron chi connectivity index (χ2n) is 7.47. The van der Waals surface area contributed by atoms with Gasteiger partial charge in [-0.25, -0.2) is 9.97 Å². The van der Waals surface area contributed by atoms with Gasteiger partial charge >= 0.3 is 0 Å². The lowest BCUT2D eigenvalue weighted by Gasteiger charge is -2.25. The average Bonchev–Trinajstić information content (AvgIpc) is 3.33. The maximum Gasteiger partial charge on any atom is 0.226 e. The van der Waals surface area contributed by atoms with Gasteiger partial charge in [-0.2, -0.15) is 5.26 Å². The summed E-state index contributed by atoms with van der Waals surface area (Å²) in [5.74, 6) is 0.761. The van der Waals surface area contributed by atoms with E-state index < -0.39 is 0 Å². The van der Waals surface area contributed by atoms with Crippen LogP contribution in [0.4, 0.5) is 5.00 Å².